The van der Waals surface area contributed by atoms with Gasteiger partial charge in [-0.25, -0.2) is 0 Å². The predicted molar refractivity (Wildman–Crippen MR) is 72.8 cm³/mol. The first-order chi connectivity index (χ1) is 7.52. The van der Waals surface area contributed by atoms with E-state index in [9.17, 15) is 4.79 Å². The summed E-state index contributed by atoms with van der Waals surface area (Å²) in [6.45, 7) is 9.84. The molecule has 0 aliphatic carbocycles. The first-order valence-electron chi connectivity index (χ1n) is 6.22. The molecule has 0 saturated carbocycles. The molecule has 0 aromatic heterocycles. The van der Waals surface area contributed by atoms with Crippen LogP contribution in [-0.2, 0) is 4.79 Å². The average Bonchev–Trinajstić information content (AvgIpc) is 2.08. The molecule has 0 spiro atoms. The van der Waals surface area contributed by atoms with E-state index in [0.717, 1.165) is 6.54 Å². The number of carbonyl (C=O) groups is 1. The molecule has 3 N–H and O–H groups in total. The molecule has 1 amide bonds. The Hall–Kier alpha value is -0.610. The Bertz CT molecular complexity index is 242. The van der Waals surface area contributed by atoms with Crippen LogP contribution in [0.4, 0.5) is 0 Å². The van der Waals surface area contributed by atoms with E-state index in [1.165, 1.54) is 0 Å². The third kappa shape index (κ3) is 10.3. The molecule has 0 aromatic rings. The van der Waals surface area contributed by atoms with Crippen LogP contribution in [-0.4, -0.2) is 43.5 Å². The van der Waals surface area contributed by atoms with Crippen molar-refractivity contribution in [1.82, 2.24) is 10.2 Å². The van der Waals surface area contributed by atoms with E-state index in [4.69, 9.17) is 5.73 Å². The highest BCUT2D eigenvalue weighted by Crippen LogP contribution is 2.14. The van der Waals surface area contributed by atoms with Crippen LogP contribution in [0.1, 0.15) is 40.5 Å². The fraction of sp³-hybridized carbons (Fsp3) is 0.923. The van der Waals surface area contributed by atoms with Gasteiger partial charge in [-0.1, -0.05) is 13.8 Å². The topological polar surface area (TPSA) is 58.4 Å². The monoisotopic (exact) mass is 243 g/mol. The molecule has 0 bridgehead atoms. The fourth-order valence-corrected chi connectivity index (χ4v) is 1.77. The summed E-state index contributed by atoms with van der Waals surface area (Å²) in [5, 5.41) is 2.98. The van der Waals surface area contributed by atoms with Crippen molar-refractivity contribution < 1.29 is 4.79 Å². The Labute approximate surface area is 106 Å². The molecule has 0 radical (unpaired) electrons. The number of rotatable bonds is 7. The first-order valence-corrected chi connectivity index (χ1v) is 6.22. The van der Waals surface area contributed by atoms with Crippen molar-refractivity contribution in [2.24, 2.45) is 11.1 Å². The van der Waals surface area contributed by atoms with Crippen LogP contribution in [0.2, 0.25) is 0 Å². The summed E-state index contributed by atoms with van der Waals surface area (Å²) in [5.74, 6) is 0.0929. The lowest BCUT2D eigenvalue weighted by atomic mass is 9.92. The SMILES string of the molecule is CN(C)CC(C)(C)CNC(=O)CCC(C)(C)N. The van der Waals surface area contributed by atoms with Crippen LogP contribution in [0, 0.1) is 5.41 Å². The number of hydrogen-bond acceptors (Lipinski definition) is 3. The molecular formula is C13H29N3O. The van der Waals surface area contributed by atoms with E-state index in [0.29, 0.717) is 19.4 Å². The molecule has 17 heavy (non-hydrogen) atoms. The summed E-state index contributed by atoms with van der Waals surface area (Å²) in [4.78, 5) is 13.8. The summed E-state index contributed by atoms with van der Waals surface area (Å²) in [6, 6.07) is 0. The van der Waals surface area contributed by atoms with E-state index >= 15 is 0 Å². The van der Waals surface area contributed by atoms with Gasteiger partial charge in [0.15, 0.2) is 0 Å². The Morgan fingerprint density at radius 2 is 1.76 bits per heavy atom. The van der Waals surface area contributed by atoms with Crippen molar-refractivity contribution in [3.05, 3.63) is 0 Å². The lowest BCUT2D eigenvalue weighted by Crippen LogP contribution is -2.41. The lowest BCUT2D eigenvalue weighted by molar-refractivity contribution is -0.121. The molecule has 0 unspecified atom stereocenters. The lowest BCUT2D eigenvalue weighted by Gasteiger charge is -2.28. The van der Waals surface area contributed by atoms with Gasteiger partial charge in [-0.15, -0.1) is 0 Å². The van der Waals surface area contributed by atoms with Gasteiger partial charge in [0, 0.05) is 25.0 Å². The smallest absolute Gasteiger partial charge is 0.220 e. The third-order valence-corrected chi connectivity index (χ3v) is 2.50. The van der Waals surface area contributed by atoms with Crippen LogP contribution < -0.4 is 11.1 Å². The van der Waals surface area contributed by atoms with Gasteiger partial charge in [-0.2, -0.15) is 0 Å². The van der Waals surface area contributed by atoms with Gasteiger partial charge in [-0.3, -0.25) is 4.79 Å². The Morgan fingerprint density at radius 3 is 2.18 bits per heavy atom. The van der Waals surface area contributed by atoms with Crippen molar-refractivity contribution in [2.45, 2.75) is 46.1 Å². The molecule has 0 fully saturated rings. The summed E-state index contributed by atoms with van der Waals surface area (Å²) in [5.41, 5.74) is 5.67. The van der Waals surface area contributed by atoms with Gasteiger partial charge in [0.05, 0.1) is 0 Å². The van der Waals surface area contributed by atoms with Gasteiger partial charge in [0.1, 0.15) is 0 Å². The molecule has 4 nitrogen and oxygen atoms in total. The predicted octanol–water partition coefficient (Wildman–Crippen LogP) is 1.21. The minimum Gasteiger partial charge on any atom is -0.356 e. The van der Waals surface area contributed by atoms with Gasteiger partial charge in [-0.05, 0) is 39.8 Å². The molecular weight excluding hydrogens is 214 g/mol. The largest absolute Gasteiger partial charge is 0.356 e. The summed E-state index contributed by atoms with van der Waals surface area (Å²) < 4.78 is 0. The fourth-order valence-electron chi connectivity index (χ4n) is 1.77. The second-order valence-electron chi connectivity index (χ2n) is 6.67. The van der Waals surface area contributed by atoms with Gasteiger partial charge >= 0.3 is 0 Å². The average molecular weight is 243 g/mol. The second-order valence-corrected chi connectivity index (χ2v) is 6.67. The van der Waals surface area contributed by atoms with Crippen LogP contribution in [0.3, 0.4) is 0 Å². The second kappa shape index (κ2) is 6.36. The van der Waals surface area contributed by atoms with E-state index in [2.05, 4.69) is 24.1 Å². The van der Waals surface area contributed by atoms with Crippen molar-refractivity contribution in [2.75, 3.05) is 27.2 Å². The quantitative estimate of drug-likeness (QED) is 0.706. The highest BCUT2D eigenvalue weighted by molar-refractivity contribution is 5.75. The minimum atomic E-state index is -0.267. The van der Waals surface area contributed by atoms with Crippen LogP contribution in [0.5, 0.6) is 0 Å². The van der Waals surface area contributed by atoms with E-state index in [-0.39, 0.29) is 16.9 Å². The maximum Gasteiger partial charge on any atom is 0.220 e. The normalized spacial score (nSPS) is 12.9. The maximum atomic E-state index is 11.6. The first kappa shape index (κ1) is 16.4. The molecule has 0 aliphatic heterocycles. The van der Waals surface area contributed by atoms with Gasteiger partial charge in [0.25, 0.3) is 0 Å². The molecule has 0 atom stereocenters. The van der Waals surface area contributed by atoms with E-state index in [1.54, 1.807) is 0 Å². The summed E-state index contributed by atoms with van der Waals surface area (Å²) >= 11 is 0. The Kier molecular flexibility index (Phi) is 6.13. The van der Waals surface area contributed by atoms with Crippen LogP contribution in [0.15, 0.2) is 0 Å². The number of nitrogens with two attached hydrogens (primary N) is 1. The van der Waals surface area contributed by atoms with Crippen molar-refractivity contribution in [3.63, 3.8) is 0 Å². The minimum absolute atomic E-state index is 0.0929. The molecule has 0 rings (SSSR count). The number of nitrogens with zero attached hydrogens (tertiary/aromatic N) is 1. The number of nitrogens with one attached hydrogen (secondary N) is 1. The van der Waals surface area contributed by atoms with Crippen LogP contribution in [0.25, 0.3) is 0 Å². The molecule has 102 valence electrons. The van der Waals surface area contributed by atoms with Crippen molar-refractivity contribution in [3.8, 4) is 0 Å². The summed E-state index contributed by atoms with van der Waals surface area (Å²) in [7, 11) is 4.08. The van der Waals surface area contributed by atoms with Gasteiger partial charge in [0.2, 0.25) is 5.91 Å². The standard InChI is InChI=1S/C13H29N3O/c1-12(2,10-16(5)6)9-15-11(17)7-8-13(3,4)14/h7-10,14H2,1-6H3,(H,15,17). The van der Waals surface area contributed by atoms with Crippen LogP contribution >= 0.6 is 0 Å². The highest BCUT2D eigenvalue weighted by Gasteiger charge is 2.20. The third-order valence-electron chi connectivity index (χ3n) is 2.50. The zero-order chi connectivity index (χ0) is 13.7. The Morgan fingerprint density at radius 1 is 1.24 bits per heavy atom. The molecule has 0 saturated heterocycles. The van der Waals surface area contributed by atoms with Gasteiger partial charge < -0.3 is 16.0 Å². The van der Waals surface area contributed by atoms with E-state index < -0.39 is 0 Å². The highest BCUT2D eigenvalue weighted by atomic mass is 16.1. The molecule has 4 heteroatoms. The number of carbonyl (C=O) groups excluding carboxylic acids is 1. The van der Waals surface area contributed by atoms with E-state index in [1.807, 2.05) is 27.9 Å². The number of amides is 1. The van der Waals surface area contributed by atoms with Crippen molar-refractivity contribution in [1.29, 1.82) is 0 Å². The van der Waals surface area contributed by atoms with Crippen molar-refractivity contribution >= 4 is 5.91 Å². The zero-order valence-electron chi connectivity index (χ0n) is 12.3. The maximum absolute atomic E-state index is 11.6. The molecule has 0 aliphatic rings. The Balaban J connectivity index is 3.91. The number of hydrogen-bond donors (Lipinski definition) is 2. The summed E-state index contributed by atoms with van der Waals surface area (Å²) in [6.07, 6.45) is 1.22. The molecule has 0 heterocycles. The zero-order valence-corrected chi connectivity index (χ0v) is 12.3. The molecule has 0 aromatic carbocycles.